The maximum Gasteiger partial charge on any atom is 0.319 e. The summed E-state index contributed by atoms with van der Waals surface area (Å²) in [7, 11) is 0. The van der Waals surface area contributed by atoms with Crippen molar-refractivity contribution in [2.75, 3.05) is 23.7 Å². The highest BCUT2D eigenvalue weighted by Crippen LogP contribution is 2.21. The molecule has 158 valence electrons. The van der Waals surface area contributed by atoms with E-state index in [1.165, 1.54) is 0 Å². The van der Waals surface area contributed by atoms with E-state index >= 15 is 0 Å². The van der Waals surface area contributed by atoms with Crippen molar-refractivity contribution in [1.29, 1.82) is 0 Å². The number of carbonyl (C=O) groups is 3. The minimum Gasteiger partial charge on any atom is -0.368 e. The monoisotopic (exact) mass is 409 g/mol. The highest BCUT2D eigenvalue weighted by molar-refractivity contribution is 5.97. The average molecular weight is 409 g/mol. The van der Waals surface area contributed by atoms with Crippen LogP contribution < -0.4 is 21.7 Å². The number of benzene rings is 2. The van der Waals surface area contributed by atoms with Crippen molar-refractivity contribution < 1.29 is 14.4 Å². The van der Waals surface area contributed by atoms with Gasteiger partial charge in [0.25, 0.3) is 0 Å². The van der Waals surface area contributed by atoms with Gasteiger partial charge in [0.15, 0.2) is 0 Å². The maximum atomic E-state index is 12.2. The first-order chi connectivity index (χ1) is 14.4. The van der Waals surface area contributed by atoms with Crippen LogP contribution in [0, 0.1) is 6.92 Å². The van der Waals surface area contributed by atoms with Crippen molar-refractivity contribution in [2.45, 2.75) is 32.4 Å². The molecule has 0 bridgehead atoms. The minimum absolute atomic E-state index is 0.155. The molecule has 1 unspecified atom stereocenters. The Bertz CT molecular complexity index is 930. The Balaban J connectivity index is 1.49. The Hall–Kier alpha value is -3.39. The van der Waals surface area contributed by atoms with Crippen LogP contribution >= 0.6 is 0 Å². The van der Waals surface area contributed by atoms with Crippen LogP contribution in [-0.2, 0) is 16.1 Å². The van der Waals surface area contributed by atoms with E-state index in [-0.39, 0.29) is 24.4 Å². The predicted octanol–water partition coefficient (Wildman–Crippen LogP) is 2.20. The molecule has 0 aliphatic carbocycles. The molecule has 0 saturated carbocycles. The van der Waals surface area contributed by atoms with E-state index in [4.69, 9.17) is 5.73 Å². The lowest BCUT2D eigenvalue weighted by Gasteiger charge is -2.22. The normalized spacial score (nSPS) is 16.1. The minimum atomic E-state index is -0.448. The van der Waals surface area contributed by atoms with E-state index < -0.39 is 6.03 Å². The van der Waals surface area contributed by atoms with E-state index in [9.17, 15) is 14.4 Å². The molecule has 1 atom stereocenters. The summed E-state index contributed by atoms with van der Waals surface area (Å²) in [6.45, 7) is 3.19. The van der Waals surface area contributed by atoms with E-state index in [0.29, 0.717) is 17.9 Å². The summed E-state index contributed by atoms with van der Waals surface area (Å²) >= 11 is 0. The highest BCUT2D eigenvalue weighted by Gasteiger charge is 2.28. The molecular weight excluding hydrogens is 382 g/mol. The number of likely N-dealkylation sites (tertiary alicyclic amines) is 1. The number of nitrogens with zero attached hydrogens (tertiary/aromatic N) is 1. The van der Waals surface area contributed by atoms with E-state index in [1.807, 2.05) is 43.3 Å². The first-order valence-electron chi connectivity index (χ1n) is 9.94. The van der Waals surface area contributed by atoms with Crippen LogP contribution in [0.4, 0.5) is 16.2 Å². The Labute approximate surface area is 175 Å². The van der Waals surface area contributed by atoms with Gasteiger partial charge in [-0.3, -0.25) is 14.5 Å². The number of anilines is 2. The number of primary amides is 1. The summed E-state index contributed by atoms with van der Waals surface area (Å²) in [6.07, 6.45) is 1.72. The molecule has 2 aromatic rings. The molecule has 0 spiro atoms. The van der Waals surface area contributed by atoms with Crippen molar-refractivity contribution in [3.05, 3.63) is 59.7 Å². The first-order valence-corrected chi connectivity index (χ1v) is 9.94. The standard InChI is InChI=1S/C22H27N5O3/c1-15-5-2-7-17(11-15)26-22(30)24-13-20(28)25-18-8-3-6-16(12-18)14-27-10-4-9-19(27)21(23)29/h2-3,5-8,11-12,19H,4,9-10,13-14H2,1H3,(H2,23,29)(H,25,28)(H2,24,26,30). The summed E-state index contributed by atoms with van der Waals surface area (Å²) < 4.78 is 0. The van der Waals surface area contributed by atoms with Crippen molar-refractivity contribution in [1.82, 2.24) is 10.2 Å². The summed E-state index contributed by atoms with van der Waals surface area (Å²) in [5, 5.41) is 8.01. The highest BCUT2D eigenvalue weighted by atomic mass is 16.2. The molecule has 3 rings (SSSR count). The van der Waals surface area contributed by atoms with Gasteiger partial charge >= 0.3 is 6.03 Å². The number of nitrogens with two attached hydrogens (primary N) is 1. The van der Waals surface area contributed by atoms with Crippen molar-refractivity contribution in [2.24, 2.45) is 5.73 Å². The zero-order valence-corrected chi connectivity index (χ0v) is 17.0. The molecular formula is C22H27N5O3. The number of nitrogens with one attached hydrogen (secondary N) is 3. The van der Waals surface area contributed by atoms with Gasteiger partial charge in [0.2, 0.25) is 11.8 Å². The van der Waals surface area contributed by atoms with Crippen LogP contribution in [0.2, 0.25) is 0 Å². The van der Waals surface area contributed by atoms with Gasteiger partial charge in [0, 0.05) is 17.9 Å². The molecule has 0 aromatic heterocycles. The molecule has 5 N–H and O–H groups in total. The second-order valence-corrected chi connectivity index (χ2v) is 7.46. The largest absolute Gasteiger partial charge is 0.368 e. The molecule has 1 aliphatic rings. The summed E-state index contributed by atoms with van der Waals surface area (Å²) in [5.41, 5.74) is 8.78. The number of amides is 4. The van der Waals surface area contributed by atoms with Gasteiger partial charge in [-0.05, 0) is 61.7 Å². The van der Waals surface area contributed by atoms with Gasteiger partial charge in [-0.1, -0.05) is 24.3 Å². The van der Waals surface area contributed by atoms with Gasteiger partial charge in [0.05, 0.1) is 12.6 Å². The number of carbonyl (C=O) groups excluding carboxylic acids is 3. The molecule has 2 aromatic carbocycles. The number of urea groups is 1. The second kappa shape index (κ2) is 9.89. The van der Waals surface area contributed by atoms with Gasteiger partial charge in [-0.25, -0.2) is 4.79 Å². The van der Waals surface area contributed by atoms with E-state index in [2.05, 4.69) is 20.9 Å². The van der Waals surface area contributed by atoms with Crippen LogP contribution in [0.1, 0.15) is 24.0 Å². The Kier molecular flexibility index (Phi) is 7.03. The van der Waals surface area contributed by atoms with Crippen LogP contribution in [0.5, 0.6) is 0 Å². The van der Waals surface area contributed by atoms with Gasteiger partial charge < -0.3 is 21.7 Å². The lowest BCUT2D eigenvalue weighted by Crippen LogP contribution is -2.39. The number of rotatable bonds is 7. The fourth-order valence-corrected chi connectivity index (χ4v) is 3.58. The summed E-state index contributed by atoms with van der Waals surface area (Å²) in [5.74, 6) is -0.630. The number of hydrogen-bond acceptors (Lipinski definition) is 4. The first kappa shape index (κ1) is 21.3. The Morgan fingerprint density at radius 2 is 1.80 bits per heavy atom. The number of aryl methyl sites for hydroxylation is 1. The molecule has 1 fully saturated rings. The Morgan fingerprint density at radius 1 is 1.07 bits per heavy atom. The fourth-order valence-electron chi connectivity index (χ4n) is 3.58. The molecule has 30 heavy (non-hydrogen) atoms. The fraction of sp³-hybridized carbons (Fsp3) is 0.318. The molecule has 0 radical (unpaired) electrons. The third-order valence-corrected chi connectivity index (χ3v) is 4.97. The summed E-state index contributed by atoms with van der Waals surface area (Å²) in [4.78, 5) is 37.8. The Morgan fingerprint density at radius 3 is 2.53 bits per heavy atom. The van der Waals surface area contributed by atoms with Crippen LogP contribution in [-0.4, -0.2) is 41.9 Å². The van der Waals surface area contributed by atoms with Crippen LogP contribution in [0.3, 0.4) is 0 Å². The van der Waals surface area contributed by atoms with Crippen LogP contribution in [0.15, 0.2) is 48.5 Å². The molecule has 1 aliphatic heterocycles. The lowest BCUT2D eigenvalue weighted by molar-refractivity contribution is -0.122. The quantitative estimate of drug-likeness (QED) is 0.561. The summed E-state index contributed by atoms with van der Waals surface area (Å²) in [6, 6.07) is 14.1. The zero-order valence-electron chi connectivity index (χ0n) is 17.0. The van der Waals surface area contributed by atoms with E-state index in [1.54, 1.807) is 12.1 Å². The van der Waals surface area contributed by atoms with Gasteiger partial charge in [-0.15, -0.1) is 0 Å². The van der Waals surface area contributed by atoms with Crippen molar-refractivity contribution in [3.8, 4) is 0 Å². The third kappa shape index (κ3) is 6.05. The average Bonchev–Trinajstić information content (AvgIpc) is 3.15. The molecule has 8 heteroatoms. The SMILES string of the molecule is Cc1cccc(NC(=O)NCC(=O)Nc2cccc(CN3CCCC3C(N)=O)c2)c1. The maximum absolute atomic E-state index is 12.2. The molecule has 8 nitrogen and oxygen atoms in total. The smallest absolute Gasteiger partial charge is 0.319 e. The third-order valence-electron chi connectivity index (χ3n) is 4.97. The zero-order chi connectivity index (χ0) is 21.5. The van der Waals surface area contributed by atoms with Crippen molar-refractivity contribution in [3.63, 3.8) is 0 Å². The lowest BCUT2D eigenvalue weighted by atomic mass is 10.1. The van der Waals surface area contributed by atoms with Gasteiger partial charge in [-0.2, -0.15) is 0 Å². The topological polar surface area (TPSA) is 117 Å². The van der Waals surface area contributed by atoms with Crippen LogP contribution in [0.25, 0.3) is 0 Å². The second-order valence-electron chi connectivity index (χ2n) is 7.46. The van der Waals surface area contributed by atoms with E-state index in [0.717, 1.165) is 30.5 Å². The van der Waals surface area contributed by atoms with Crippen molar-refractivity contribution >= 4 is 29.2 Å². The predicted molar refractivity (Wildman–Crippen MR) is 116 cm³/mol. The molecule has 4 amide bonds. The van der Waals surface area contributed by atoms with Gasteiger partial charge in [0.1, 0.15) is 0 Å². The number of hydrogen-bond donors (Lipinski definition) is 4. The molecule has 1 saturated heterocycles. The molecule has 1 heterocycles.